The molecule has 8 rings (SSSR count). The van der Waals surface area contributed by atoms with Crippen LogP contribution in [0, 0.1) is 0 Å². The Morgan fingerprint density at radius 2 is 0.977 bits per heavy atom. The topological polar surface area (TPSA) is 38.7 Å². The van der Waals surface area contributed by atoms with Gasteiger partial charge in [-0.1, -0.05) is 133 Å². The number of fused-ring (bicyclic) bond motifs is 3. The average molecular weight is 568 g/mol. The third-order valence-electron chi connectivity index (χ3n) is 7.74. The quantitative estimate of drug-likeness (QED) is 0.208. The Labute approximate surface area is 253 Å². The lowest BCUT2D eigenvalue weighted by Gasteiger charge is -2.13. The van der Waals surface area contributed by atoms with Crippen molar-refractivity contribution in [3.8, 4) is 55.6 Å². The molecular weight excluding hydrogens is 543 g/mol. The molecule has 0 aliphatic rings. The van der Waals surface area contributed by atoms with E-state index >= 15 is 0 Å². The molecular formula is C39H25N3S. The van der Waals surface area contributed by atoms with Crippen LogP contribution in [0.1, 0.15) is 0 Å². The molecule has 0 amide bonds. The van der Waals surface area contributed by atoms with Gasteiger partial charge in [0, 0.05) is 27.6 Å². The molecule has 0 spiro atoms. The molecule has 0 fully saturated rings. The van der Waals surface area contributed by atoms with Gasteiger partial charge in [0.25, 0.3) is 0 Å². The SMILES string of the molecule is c1ccc(-c2cc(-c3ccccc3)nc(-c3ccccc3-c3ccc4ccc5nc(-c6ccccc6)sc5c4c3)n2)cc1. The van der Waals surface area contributed by atoms with E-state index < -0.39 is 0 Å². The molecule has 0 aliphatic carbocycles. The van der Waals surface area contributed by atoms with Crippen molar-refractivity contribution in [1.29, 1.82) is 0 Å². The highest BCUT2D eigenvalue weighted by molar-refractivity contribution is 7.22. The lowest BCUT2D eigenvalue weighted by Crippen LogP contribution is -1.97. The molecule has 202 valence electrons. The molecule has 6 aromatic carbocycles. The largest absolute Gasteiger partial charge is 0.236 e. The maximum atomic E-state index is 5.12. The van der Waals surface area contributed by atoms with Crippen molar-refractivity contribution >= 4 is 32.3 Å². The first-order valence-corrected chi connectivity index (χ1v) is 15.1. The molecule has 2 aromatic heterocycles. The van der Waals surface area contributed by atoms with E-state index in [1.165, 1.54) is 15.5 Å². The van der Waals surface area contributed by atoms with Gasteiger partial charge in [0.1, 0.15) is 5.01 Å². The van der Waals surface area contributed by atoms with Crippen LogP contribution in [0.4, 0.5) is 0 Å². The Hall–Kier alpha value is -5.45. The first-order chi connectivity index (χ1) is 21.3. The van der Waals surface area contributed by atoms with Crippen LogP contribution in [0.5, 0.6) is 0 Å². The first kappa shape index (κ1) is 25.3. The van der Waals surface area contributed by atoms with Crippen LogP contribution in [0.3, 0.4) is 0 Å². The predicted molar refractivity (Wildman–Crippen MR) is 180 cm³/mol. The van der Waals surface area contributed by atoms with Gasteiger partial charge in [-0.2, -0.15) is 0 Å². The van der Waals surface area contributed by atoms with Crippen LogP contribution < -0.4 is 0 Å². The van der Waals surface area contributed by atoms with Crippen LogP contribution in [-0.4, -0.2) is 15.0 Å². The Balaban J connectivity index is 1.30. The fraction of sp³-hybridized carbons (Fsp3) is 0. The predicted octanol–water partition coefficient (Wildman–Crippen LogP) is 10.6. The van der Waals surface area contributed by atoms with Gasteiger partial charge in [0.05, 0.1) is 21.6 Å². The van der Waals surface area contributed by atoms with Crippen molar-refractivity contribution in [1.82, 2.24) is 15.0 Å². The van der Waals surface area contributed by atoms with Crippen molar-refractivity contribution in [2.75, 3.05) is 0 Å². The summed E-state index contributed by atoms with van der Waals surface area (Å²) in [5, 5.41) is 3.44. The van der Waals surface area contributed by atoms with E-state index in [4.69, 9.17) is 15.0 Å². The van der Waals surface area contributed by atoms with E-state index in [9.17, 15) is 0 Å². The molecule has 0 unspecified atom stereocenters. The summed E-state index contributed by atoms with van der Waals surface area (Å²) in [6, 6.07) is 52.6. The second-order valence-electron chi connectivity index (χ2n) is 10.5. The molecule has 0 radical (unpaired) electrons. The molecule has 3 nitrogen and oxygen atoms in total. The second kappa shape index (κ2) is 10.8. The van der Waals surface area contributed by atoms with Crippen LogP contribution in [-0.2, 0) is 0 Å². The fourth-order valence-corrected chi connectivity index (χ4v) is 6.68. The fourth-order valence-electron chi connectivity index (χ4n) is 5.59. The Morgan fingerprint density at radius 1 is 0.419 bits per heavy atom. The summed E-state index contributed by atoms with van der Waals surface area (Å²) in [5.41, 5.74) is 9.31. The maximum Gasteiger partial charge on any atom is 0.161 e. The molecule has 0 saturated heterocycles. The van der Waals surface area contributed by atoms with Gasteiger partial charge in [-0.05, 0) is 34.7 Å². The second-order valence-corrected chi connectivity index (χ2v) is 11.5. The van der Waals surface area contributed by atoms with Gasteiger partial charge in [-0.25, -0.2) is 15.0 Å². The Kier molecular flexibility index (Phi) is 6.32. The zero-order valence-corrected chi connectivity index (χ0v) is 24.0. The van der Waals surface area contributed by atoms with Crippen LogP contribution in [0.2, 0.25) is 0 Å². The zero-order valence-electron chi connectivity index (χ0n) is 23.2. The third kappa shape index (κ3) is 4.78. The summed E-state index contributed by atoms with van der Waals surface area (Å²) in [6.45, 7) is 0. The third-order valence-corrected chi connectivity index (χ3v) is 8.89. The molecule has 8 aromatic rings. The van der Waals surface area contributed by atoms with E-state index in [2.05, 4.69) is 109 Å². The summed E-state index contributed by atoms with van der Waals surface area (Å²) < 4.78 is 1.20. The lowest BCUT2D eigenvalue weighted by atomic mass is 9.96. The molecule has 43 heavy (non-hydrogen) atoms. The van der Waals surface area contributed by atoms with Gasteiger partial charge in [0.15, 0.2) is 5.82 Å². The van der Waals surface area contributed by atoms with E-state index in [0.29, 0.717) is 5.82 Å². The van der Waals surface area contributed by atoms with E-state index in [1.54, 1.807) is 11.3 Å². The number of thiazole rings is 1. The molecule has 0 saturated carbocycles. The van der Waals surface area contributed by atoms with E-state index in [-0.39, 0.29) is 0 Å². The van der Waals surface area contributed by atoms with Crippen LogP contribution >= 0.6 is 11.3 Å². The van der Waals surface area contributed by atoms with Gasteiger partial charge in [-0.3, -0.25) is 0 Å². The molecule has 2 heterocycles. The monoisotopic (exact) mass is 567 g/mol. The molecule has 0 bridgehead atoms. The number of hydrogen-bond donors (Lipinski definition) is 0. The van der Waals surface area contributed by atoms with E-state index in [1.807, 2.05) is 42.5 Å². The van der Waals surface area contributed by atoms with Gasteiger partial charge < -0.3 is 0 Å². The van der Waals surface area contributed by atoms with Crippen molar-refractivity contribution in [3.63, 3.8) is 0 Å². The summed E-state index contributed by atoms with van der Waals surface area (Å²) in [5.74, 6) is 0.707. The summed E-state index contributed by atoms with van der Waals surface area (Å²) in [6.07, 6.45) is 0. The number of benzene rings is 6. The maximum absolute atomic E-state index is 5.12. The minimum atomic E-state index is 0.707. The molecule has 0 N–H and O–H groups in total. The smallest absolute Gasteiger partial charge is 0.161 e. The summed E-state index contributed by atoms with van der Waals surface area (Å²) in [4.78, 5) is 15.2. The number of aromatic nitrogens is 3. The molecule has 4 heteroatoms. The van der Waals surface area contributed by atoms with Crippen LogP contribution in [0.25, 0.3) is 76.6 Å². The van der Waals surface area contributed by atoms with Gasteiger partial charge in [-0.15, -0.1) is 11.3 Å². The van der Waals surface area contributed by atoms with Crippen molar-refractivity contribution in [2.45, 2.75) is 0 Å². The Morgan fingerprint density at radius 3 is 1.63 bits per heavy atom. The number of hydrogen-bond acceptors (Lipinski definition) is 4. The van der Waals surface area contributed by atoms with E-state index in [0.717, 1.165) is 55.3 Å². The summed E-state index contributed by atoms with van der Waals surface area (Å²) in [7, 11) is 0. The standard InChI is InChI=1S/C39H25N3S/c1-4-12-27(13-5-1)35-25-36(28-14-6-2-7-15-28)41-38(40-35)32-19-11-10-18-31(32)30-21-20-26-22-23-34-37(33(26)24-30)43-39(42-34)29-16-8-3-9-17-29/h1-25H. The highest BCUT2D eigenvalue weighted by Gasteiger charge is 2.16. The minimum absolute atomic E-state index is 0.707. The molecule has 0 aliphatic heterocycles. The lowest BCUT2D eigenvalue weighted by molar-refractivity contribution is 1.18. The van der Waals surface area contributed by atoms with Crippen molar-refractivity contribution < 1.29 is 0 Å². The molecule has 0 atom stereocenters. The highest BCUT2D eigenvalue weighted by Crippen LogP contribution is 2.39. The minimum Gasteiger partial charge on any atom is -0.236 e. The van der Waals surface area contributed by atoms with Gasteiger partial charge >= 0.3 is 0 Å². The van der Waals surface area contributed by atoms with Gasteiger partial charge in [0.2, 0.25) is 0 Å². The zero-order chi connectivity index (χ0) is 28.6. The highest BCUT2D eigenvalue weighted by atomic mass is 32.1. The van der Waals surface area contributed by atoms with Crippen LogP contribution in [0.15, 0.2) is 152 Å². The number of nitrogens with zero attached hydrogens (tertiary/aromatic N) is 3. The summed E-state index contributed by atoms with van der Waals surface area (Å²) >= 11 is 1.75. The average Bonchev–Trinajstić information content (AvgIpc) is 3.54. The van der Waals surface area contributed by atoms with Crippen molar-refractivity contribution in [2.24, 2.45) is 0 Å². The Bertz CT molecular complexity index is 2170. The first-order valence-electron chi connectivity index (χ1n) is 14.3. The number of rotatable bonds is 5. The van der Waals surface area contributed by atoms with Crippen molar-refractivity contribution in [3.05, 3.63) is 152 Å². The normalized spacial score (nSPS) is 11.3.